The van der Waals surface area contributed by atoms with Gasteiger partial charge < -0.3 is 10.1 Å². The monoisotopic (exact) mass is 414 g/mol. The highest BCUT2D eigenvalue weighted by Crippen LogP contribution is 2.24. The molecule has 10 heteroatoms. The van der Waals surface area contributed by atoms with Crippen LogP contribution in [0.3, 0.4) is 0 Å². The summed E-state index contributed by atoms with van der Waals surface area (Å²) in [5.41, 5.74) is 1.22. The molecule has 6 nitrogen and oxygen atoms in total. The van der Waals surface area contributed by atoms with E-state index in [1.54, 1.807) is 19.1 Å². The molecule has 2 rings (SSSR count). The average Bonchev–Trinajstić information content (AvgIpc) is 2.63. The predicted octanol–water partition coefficient (Wildman–Crippen LogP) is 3.90. The number of ether oxygens (including phenoxy) is 1. The first kappa shape index (κ1) is 21.9. The lowest BCUT2D eigenvalue weighted by molar-refractivity contribution is -0.154. The third-order valence-corrected chi connectivity index (χ3v) is 4.35. The summed E-state index contributed by atoms with van der Waals surface area (Å²) in [5, 5.41) is 3.23. The summed E-state index contributed by atoms with van der Waals surface area (Å²) >= 11 is 1.33. The van der Waals surface area contributed by atoms with Gasteiger partial charge >= 0.3 is 6.18 Å². The van der Waals surface area contributed by atoms with Crippen molar-refractivity contribution in [3.8, 4) is 5.88 Å². The molecule has 0 atom stereocenters. The number of aromatic nitrogens is 3. The number of hydrogen-bond donors (Lipinski definition) is 1. The molecule has 0 radical (unpaired) electrons. The highest BCUT2D eigenvalue weighted by atomic mass is 32.2. The Balaban J connectivity index is 2.17. The van der Waals surface area contributed by atoms with Gasteiger partial charge in [-0.15, -0.1) is 11.8 Å². The van der Waals surface area contributed by atoms with Gasteiger partial charge in [-0.25, -0.2) is 15.0 Å². The number of nitrogens with zero attached hydrogens (tertiary/aromatic N) is 3. The number of rotatable bonds is 7. The van der Waals surface area contributed by atoms with Crippen molar-refractivity contribution in [2.45, 2.75) is 44.4 Å². The Morgan fingerprint density at radius 2 is 2.04 bits per heavy atom. The lowest BCUT2D eigenvalue weighted by atomic mass is 10.1. The molecule has 0 aliphatic carbocycles. The number of amides is 1. The minimum absolute atomic E-state index is 0.0426. The molecule has 2 aromatic rings. The van der Waals surface area contributed by atoms with Gasteiger partial charge in [-0.3, -0.25) is 4.79 Å². The minimum atomic E-state index is -4.47. The fraction of sp³-hybridized carbons (Fsp3) is 0.444. The number of nitrogens with one attached hydrogen (secondary N) is 1. The molecule has 0 saturated heterocycles. The Hall–Kier alpha value is -2.36. The highest BCUT2D eigenvalue weighted by Gasteiger charge is 2.29. The maximum absolute atomic E-state index is 12.7. The van der Waals surface area contributed by atoms with Crippen molar-refractivity contribution in [3.05, 3.63) is 41.0 Å². The molecule has 1 amide bonds. The van der Waals surface area contributed by atoms with Crippen molar-refractivity contribution in [1.29, 1.82) is 0 Å². The van der Waals surface area contributed by atoms with Crippen LogP contribution in [0, 0.1) is 6.92 Å². The van der Waals surface area contributed by atoms with E-state index in [9.17, 15) is 18.0 Å². The Kier molecular flexibility index (Phi) is 7.22. The van der Waals surface area contributed by atoms with E-state index in [2.05, 4.69) is 20.3 Å². The van der Waals surface area contributed by atoms with Crippen molar-refractivity contribution >= 4 is 17.7 Å². The Morgan fingerprint density at radius 3 is 2.64 bits per heavy atom. The average molecular weight is 414 g/mol. The van der Waals surface area contributed by atoms with Crippen molar-refractivity contribution in [3.63, 3.8) is 0 Å². The van der Waals surface area contributed by atoms with E-state index in [1.807, 2.05) is 20.1 Å². The maximum atomic E-state index is 12.7. The number of thioether (sulfide) groups is 1. The second kappa shape index (κ2) is 9.22. The first-order valence-corrected chi connectivity index (χ1v) is 9.69. The van der Waals surface area contributed by atoms with Gasteiger partial charge in [0.25, 0.3) is 5.91 Å². The topological polar surface area (TPSA) is 77.0 Å². The largest absolute Gasteiger partial charge is 0.468 e. The van der Waals surface area contributed by atoms with E-state index >= 15 is 0 Å². The Labute approximate surface area is 165 Å². The van der Waals surface area contributed by atoms with Crippen LogP contribution in [0.1, 0.15) is 47.2 Å². The van der Waals surface area contributed by atoms with E-state index in [1.165, 1.54) is 18.0 Å². The van der Waals surface area contributed by atoms with Crippen LogP contribution in [-0.4, -0.2) is 39.9 Å². The van der Waals surface area contributed by atoms with Crippen LogP contribution in [0.25, 0.3) is 0 Å². The number of alkyl halides is 3. The Morgan fingerprint density at radius 1 is 1.32 bits per heavy atom. The van der Waals surface area contributed by atoms with E-state index < -0.39 is 18.7 Å². The summed E-state index contributed by atoms with van der Waals surface area (Å²) < 4.78 is 41.9. The van der Waals surface area contributed by atoms with E-state index in [0.29, 0.717) is 27.7 Å². The maximum Gasteiger partial charge on any atom is 0.422 e. The summed E-state index contributed by atoms with van der Waals surface area (Å²) in [6.07, 6.45) is -1.34. The molecule has 1 N–H and O–H groups in total. The fourth-order valence-corrected chi connectivity index (χ4v) is 2.97. The quantitative estimate of drug-likeness (QED) is 0.547. The standard InChI is InChI=1S/C18H21F3N4O2S/c1-10(2)14-24-11(3)13(17(25-14)28-4)15(26)23-8-12-6-5-7-22-16(12)27-9-18(19,20)21/h5-7,10H,8-9H2,1-4H3,(H,23,26). The molecular weight excluding hydrogens is 393 g/mol. The molecule has 152 valence electrons. The summed E-state index contributed by atoms with van der Waals surface area (Å²) in [6.45, 7) is 4.15. The van der Waals surface area contributed by atoms with Crippen LogP contribution in [0.15, 0.2) is 23.4 Å². The summed E-state index contributed by atoms with van der Waals surface area (Å²) in [4.78, 5) is 25.3. The van der Waals surface area contributed by atoms with Crippen molar-refractivity contribution in [2.75, 3.05) is 12.9 Å². The van der Waals surface area contributed by atoms with Gasteiger partial charge in [-0.2, -0.15) is 13.2 Å². The zero-order valence-corrected chi connectivity index (χ0v) is 16.7. The minimum Gasteiger partial charge on any atom is -0.468 e. The van der Waals surface area contributed by atoms with Crippen LogP contribution in [0.4, 0.5) is 13.2 Å². The lowest BCUT2D eigenvalue weighted by Gasteiger charge is -2.15. The smallest absolute Gasteiger partial charge is 0.422 e. The number of hydrogen-bond acceptors (Lipinski definition) is 6. The van der Waals surface area contributed by atoms with E-state index in [4.69, 9.17) is 4.74 Å². The lowest BCUT2D eigenvalue weighted by Crippen LogP contribution is -2.26. The molecule has 0 saturated carbocycles. The molecule has 0 aromatic carbocycles. The zero-order valence-electron chi connectivity index (χ0n) is 15.9. The summed E-state index contributed by atoms with van der Waals surface area (Å²) in [5.74, 6) is 0.176. The Bertz CT molecular complexity index is 844. The molecule has 2 aromatic heterocycles. The summed E-state index contributed by atoms with van der Waals surface area (Å²) in [7, 11) is 0. The van der Waals surface area contributed by atoms with Gasteiger partial charge in [0.1, 0.15) is 10.9 Å². The molecule has 0 spiro atoms. The second-order valence-electron chi connectivity index (χ2n) is 6.26. The third-order valence-electron chi connectivity index (χ3n) is 3.67. The van der Waals surface area contributed by atoms with Crippen LogP contribution in [0.2, 0.25) is 0 Å². The van der Waals surface area contributed by atoms with Gasteiger partial charge in [0, 0.05) is 24.2 Å². The van der Waals surface area contributed by atoms with Crippen molar-refractivity contribution < 1.29 is 22.7 Å². The van der Waals surface area contributed by atoms with Gasteiger partial charge in [-0.1, -0.05) is 19.9 Å². The first-order chi connectivity index (χ1) is 13.1. The van der Waals surface area contributed by atoms with Gasteiger partial charge in [0.15, 0.2) is 6.61 Å². The van der Waals surface area contributed by atoms with Crippen LogP contribution in [0.5, 0.6) is 5.88 Å². The van der Waals surface area contributed by atoms with Crippen LogP contribution >= 0.6 is 11.8 Å². The number of pyridine rings is 1. The number of carbonyl (C=O) groups is 1. The van der Waals surface area contributed by atoms with Gasteiger partial charge in [-0.05, 0) is 19.2 Å². The van der Waals surface area contributed by atoms with E-state index in [-0.39, 0.29) is 18.3 Å². The molecule has 28 heavy (non-hydrogen) atoms. The predicted molar refractivity (Wildman–Crippen MR) is 99.6 cm³/mol. The molecule has 0 bridgehead atoms. The normalized spacial score (nSPS) is 11.6. The zero-order chi connectivity index (χ0) is 20.9. The van der Waals surface area contributed by atoms with E-state index in [0.717, 1.165) is 0 Å². The molecule has 0 unspecified atom stereocenters. The van der Waals surface area contributed by atoms with Gasteiger partial charge in [0.2, 0.25) is 5.88 Å². The van der Waals surface area contributed by atoms with Gasteiger partial charge in [0.05, 0.1) is 11.3 Å². The second-order valence-corrected chi connectivity index (χ2v) is 7.06. The summed E-state index contributed by atoms with van der Waals surface area (Å²) in [6, 6.07) is 3.10. The number of carbonyl (C=O) groups excluding carboxylic acids is 1. The molecule has 0 fully saturated rings. The SMILES string of the molecule is CSc1nc(C(C)C)nc(C)c1C(=O)NCc1cccnc1OCC(F)(F)F. The first-order valence-electron chi connectivity index (χ1n) is 8.46. The number of halogens is 3. The fourth-order valence-electron chi connectivity index (χ4n) is 2.34. The third kappa shape index (κ3) is 5.82. The number of aryl methyl sites for hydroxylation is 1. The molecule has 0 aliphatic heterocycles. The molecule has 2 heterocycles. The van der Waals surface area contributed by atoms with Crippen LogP contribution in [-0.2, 0) is 6.54 Å². The molecule has 0 aliphatic rings. The molecular formula is C18H21F3N4O2S. The van der Waals surface area contributed by atoms with Crippen LogP contribution < -0.4 is 10.1 Å². The highest BCUT2D eigenvalue weighted by molar-refractivity contribution is 7.98. The van der Waals surface area contributed by atoms with Crippen molar-refractivity contribution in [1.82, 2.24) is 20.3 Å². The van der Waals surface area contributed by atoms with Crippen molar-refractivity contribution in [2.24, 2.45) is 0 Å².